The van der Waals surface area contributed by atoms with Crippen LogP contribution in [0.1, 0.15) is 19.4 Å². The Morgan fingerprint density at radius 2 is 2.05 bits per heavy atom. The lowest BCUT2D eigenvalue weighted by Gasteiger charge is -2.06. The Labute approximate surface area is 125 Å². The van der Waals surface area contributed by atoms with Crippen molar-refractivity contribution < 1.29 is 14.3 Å². The molecule has 0 saturated carbocycles. The summed E-state index contributed by atoms with van der Waals surface area (Å²) in [6.07, 6.45) is 1.41. The molecule has 7 heteroatoms. The van der Waals surface area contributed by atoms with Gasteiger partial charge in [0.05, 0.1) is 13.3 Å². The van der Waals surface area contributed by atoms with Crippen LogP contribution in [-0.4, -0.2) is 31.2 Å². The topological polar surface area (TPSA) is 79.8 Å². The van der Waals surface area contributed by atoms with Crippen molar-refractivity contribution in [3.05, 3.63) is 28.2 Å². The van der Waals surface area contributed by atoms with Crippen molar-refractivity contribution in [3.63, 3.8) is 0 Å². The fraction of sp³-hybridized carbons (Fsp3) is 0.308. The van der Waals surface area contributed by atoms with Crippen LogP contribution in [0, 0.1) is 0 Å². The number of hydrazone groups is 1. The summed E-state index contributed by atoms with van der Waals surface area (Å²) in [5, 5.41) is 6.20. The predicted molar refractivity (Wildman–Crippen MR) is 79.7 cm³/mol. The molecule has 20 heavy (non-hydrogen) atoms. The third kappa shape index (κ3) is 5.00. The molecule has 0 atom stereocenters. The van der Waals surface area contributed by atoms with E-state index in [9.17, 15) is 9.59 Å². The summed E-state index contributed by atoms with van der Waals surface area (Å²) in [5.41, 5.74) is 2.83. The predicted octanol–water partition coefficient (Wildman–Crippen LogP) is 1.43. The monoisotopic (exact) mass is 341 g/mol. The van der Waals surface area contributed by atoms with Gasteiger partial charge in [-0.2, -0.15) is 5.10 Å². The highest BCUT2D eigenvalue weighted by Gasteiger charge is 2.13. The Hall–Kier alpha value is -1.89. The molecule has 0 fully saturated rings. The largest absolute Gasteiger partial charge is 0.496 e. The molecule has 1 aromatic rings. The first-order valence-electron chi connectivity index (χ1n) is 5.91. The van der Waals surface area contributed by atoms with E-state index >= 15 is 0 Å². The summed E-state index contributed by atoms with van der Waals surface area (Å²) < 4.78 is 6.00. The van der Waals surface area contributed by atoms with E-state index in [1.165, 1.54) is 13.3 Å². The van der Waals surface area contributed by atoms with Crippen LogP contribution >= 0.6 is 15.9 Å². The Kier molecular flexibility index (Phi) is 6.17. The van der Waals surface area contributed by atoms with E-state index in [1.807, 2.05) is 6.07 Å². The minimum absolute atomic E-state index is 0.109. The van der Waals surface area contributed by atoms with E-state index in [0.717, 1.165) is 4.47 Å². The normalized spacial score (nSPS) is 10.7. The summed E-state index contributed by atoms with van der Waals surface area (Å²) in [7, 11) is 1.54. The van der Waals surface area contributed by atoms with Crippen molar-refractivity contribution in [1.82, 2.24) is 10.7 Å². The van der Waals surface area contributed by atoms with Gasteiger partial charge in [0, 0.05) is 16.1 Å². The molecule has 0 radical (unpaired) electrons. The van der Waals surface area contributed by atoms with Gasteiger partial charge in [0.1, 0.15) is 5.75 Å². The summed E-state index contributed by atoms with van der Waals surface area (Å²) in [4.78, 5) is 22.8. The van der Waals surface area contributed by atoms with E-state index in [-0.39, 0.29) is 6.04 Å². The highest BCUT2D eigenvalue weighted by molar-refractivity contribution is 9.10. The first-order valence-corrected chi connectivity index (χ1v) is 6.70. The lowest BCUT2D eigenvalue weighted by molar-refractivity contribution is -0.139. The molecule has 0 aliphatic heterocycles. The summed E-state index contributed by atoms with van der Waals surface area (Å²) in [6.45, 7) is 3.53. The number of halogens is 1. The summed E-state index contributed by atoms with van der Waals surface area (Å²) in [6, 6.07) is 5.26. The van der Waals surface area contributed by atoms with Gasteiger partial charge in [-0.05, 0) is 32.0 Å². The quantitative estimate of drug-likeness (QED) is 0.494. The van der Waals surface area contributed by atoms with Gasteiger partial charge in [-0.1, -0.05) is 15.9 Å². The smallest absolute Gasteiger partial charge is 0.329 e. The molecule has 1 aromatic carbocycles. The van der Waals surface area contributed by atoms with Gasteiger partial charge in [-0.15, -0.1) is 0 Å². The third-order valence-electron chi connectivity index (χ3n) is 2.19. The molecule has 0 spiro atoms. The van der Waals surface area contributed by atoms with Gasteiger partial charge in [0.25, 0.3) is 0 Å². The van der Waals surface area contributed by atoms with Crippen molar-refractivity contribution in [2.45, 2.75) is 19.9 Å². The first-order chi connectivity index (χ1) is 9.43. The van der Waals surface area contributed by atoms with Gasteiger partial charge in [0.2, 0.25) is 0 Å². The minimum atomic E-state index is -0.816. The zero-order valence-corrected chi connectivity index (χ0v) is 13.0. The molecule has 0 heterocycles. The molecule has 0 unspecified atom stereocenters. The van der Waals surface area contributed by atoms with Crippen molar-refractivity contribution in [3.8, 4) is 5.75 Å². The van der Waals surface area contributed by atoms with E-state index in [4.69, 9.17) is 4.74 Å². The molecule has 1 rings (SSSR count). The second-order valence-corrected chi connectivity index (χ2v) is 5.13. The maximum Gasteiger partial charge on any atom is 0.329 e. The van der Waals surface area contributed by atoms with Crippen LogP contribution in [0.15, 0.2) is 27.8 Å². The molecular weight excluding hydrogens is 326 g/mol. The highest BCUT2D eigenvalue weighted by Crippen LogP contribution is 2.21. The average molecular weight is 342 g/mol. The molecule has 6 nitrogen and oxygen atoms in total. The Morgan fingerprint density at radius 1 is 1.35 bits per heavy atom. The van der Waals surface area contributed by atoms with Crippen molar-refractivity contribution >= 4 is 34.0 Å². The number of benzene rings is 1. The van der Waals surface area contributed by atoms with E-state index in [2.05, 4.69) is 31.8 Å². The zero-order valence-electron chi connectivity index (χ0n) is 11.4. The van der Waals surface area contributed by atoms with Crippen LogP contribution in [0.3, 0.4) is 0 Å². The molecule has 2 N–H and O–H groups in total. The van der Waals surface area contributed by atoms with Gasteiger partial charge < -0.3 is 10.1 Å². The maximum atomic E-state index is 11.4. The molecule has 2 amide bonds. The number of ether oxygens (including phenoxy) is 1. The summed E-state index contributed by atoms with van der Waals surface area (Å²) in [5.74, 6) is -0.930. The van der Waals surface area contributed by atoms with E-state index < -0.39 is 11.8 Å². The van der Waals surface area contributed by atoms with Crippen LogP contribution in [0.2, 0.25) is 0 Å². The maximum absolute atomic E-state index is 11.4. The standard InChI is InChI=1S/C13H16BrN3O3/c1-8(2)16-12(18)13(19)17-15-7-9-6-10(14)4-5-11(9)20-3/h4-8H,1-3H3,(H,16,18)(H,17,19)/b15-7-. The molecule has 0 aliphatic rings. The number of hydrogen-bond donors (Lipinski definition) is 2. The SMILES string of the molecule is COc1ccc(Br)cc1/C=N\NC(=O)C(=O)NC(C)C. The number of nitrogens with one attached hydrogen (secondary N) is 2. The fourth-order valence-electron chi connectivity index (χ4n) is 1.35. The molecule has 0 saturated heterocycles. The van der Waals surface area contributed by atoms with Gasteiger partial charge in [-0.25, -0.2) is 5.43 Å². The number of methoxy groups -OCH3 is 1. The summed E-state index contributed by atoms with van der Waals surface area (Å²) >= 11 is 3.33. The number of amides is 2. The van der Waals surface area contributed by atoms with Crippen LogP contribution in [0.25, 0.3) is 0 Å². The number of carbonyl (C=O) groups excluding carboxylic acids is 2. The molecule has 108 valence electrons. The molecule has 0 aliphatic carbocycles. The molecular formula is C13H16BrN3O3. The Balaban J connectivity index is 2.67. The zero-order chi connectivity index (χ0) is 15.1. The van der Waals surface area contributed by atoms with Crippen LogP contribution < -0.4 is 15.5 Å². The molecule has 0 bridgehead atoms. The van der Waals surface area contributed by atoms with Crippen molar-refractivity contribution in [1.29, 1.82) is 0 Å². The average Bonchev–Trinajstić information content (AvgIpc) is 2.38. The lowest BCUT2D eigenvalue weighted by atomic mass is 10.2. The highest BCUT2D eigenvalue weighted by atomic mass is 79.9. The number of hydrogen-bond acceptors (Lipinski definition) is 4. The van der Waals surface area contributed by atoms with Gasteiger partial charge in [-0.3, -0.25) is 9.59 Å². The number of rotatable bonds is 4. The Bertz CT molecular complexity index is 530. The number of carbonyl (C=O) groups is 2. The lowest BCUT2D eigenvalue weighted by Crippen LogP contribution is -2.41. The number of nitrogens with zero attached hydrogens (tertiary/aromatic N) is 1. The van der Waals surface area contributed by atoms with Crippen LogP contribution in [-0.2, 0) is 9.59 Å². The van der Waals surface area contributed by atoms with Gasteiger partial charge in [0.15, 0.2) is 0 Å². The minimum Gasteiger partial charge on any atom is -0.496 e. The second-order valence-electron chi connectivity index (χ2n) is 4.21. The van der Waals surface area contributed by atoms with E-state index in [1.54, 1.807) is 26.0 Å². The second kappa shape index (κ2) is 7.64. The van der Waals surface area contributed by atoms with Crippen LogP contribution in [0.5, 0.6) is 5.75 Å². The van der Waals surface area contributed by atoms with E-state index in [0.29, 0.717) is 11.3 Å². The fourth-order valence-corrected chi connectivity index (χ4v) is 1.72. The van der Waals surface area contributed by atoms with Crippen molar-refractivity contribution in [2.24, 2.45) is 5.10 Å². The first kappa shape index (κ1) is 16.2. The Morgan fingerprint density at radius 3 is 2.65 bits per heavy atom. The van der Waals surface area contributed by atoms with Crippen molar-refractivity contribution in [2.75, 3.05) is 7.11 Å². The van der Waals surface area contributed by atoms with Gasteiger partial charge >= 0.3 is 11.8 Å². The van der Waals surface area contributed by atoms with Crippen LogP contribution in [0.4, 0.5) is 0 Å². The third-order valence-corrected chi connectivity index (χ3v) is 2.68. The molecule has 0 aromatic heterocycles.